The van der Waals surface area contributed by atoms with E-state index in [2.05, 4.69) is 17.2 Å². The molecule has 21 heavy (non-hydrogen) atoms. The number of amides is 1. The Morgan fingerprint density at radius 1 is 1.48 bits per heavy atom. The van der Waals surface area contributed by atoms with E-state index >= 15 is 0 Å². The van der Waals surface area contributed by atoms with Crippen molar-refractivity contribution in [3.05, 3.63) is 11.1 Å². The first kappa shape index (κ1) is 14.8. The third kappa shape index (κ3) is 2.66. The van der Waals surface area contributed by atoms with Crippen molar-refractivity contribution in [2.45, 2.75) is 63.6 Å². The van der Waals surface area contributed by atoms with Gasteiger partial charge < -0.3 is 10.6 Å². The molecule has 2 aliphatic rings. The van der Waals surface area contributed by atoms with E-state index in [1.807, 2.05) is 11.1 Å². The zero-order valence-electron chi connectivity index (χ0n) is 12.6. The SMILES string of the molecule is CCCCN1C(=O)C2(CCCCC2)N[C@H]1c1cnc(N)s1. The Hall–Kier alpha value is -1.14. The van der Waals surface area contributed by atoms with Gasteiger partial charge in [0.25, 0.3) is 0 Å². The van der Waals surface area contributed by atoms with Gasteiger partial charge in [-0.15, -0.1) is 0 Å². The van der Waals surface area contributed by atoms with Crippen LogP contribution >= 0.6 is 11.3 Å². The highest BCUT2D eigenvalue weighted by atomic mass is 32.1. The van der Waals surface area contributed by atoms with Crippen LogP contribution in [0.5, 0.6) is 0 Å². The summed E-state index contributed by atoms with van der Waals surface area (Å²) < 4.78 is 0. The van der Waals surface area contributed by atoms with Crippen LogP contribution in [0.25, 0.3) is 0 Å². The third-order valence-corrected chi connectivity index (χ3v) is 5.54. The van der Waals surface area contributed by atoms with Gasteiger partial charge in [-0.25, -0.2) is 4.98 Å². The van der Waals surface area contributed by atoms with Crippen molar-refractivity contribution < 1.29 is 4.79 Å². The second-order valence-electron chi connectivity index (χ2n) is 6.14. The third-order valence-electron chi connectivity index (χ3n) is 4.67. The van der Waals surface area contributed by atoms with Crippen molar-refractivity contribution in [2.24, 2.45) is 0 Å². The summed E-state index contributed by atoms with van der Waals surface area (Å²) in [6, 6.07) is 0. The number of nitrogen functional groups attached to an aromatic ring is 1. The van der Waals surface area contributed by atoms with E-state index in [-0.39, 0.29) is 17.6 Å². The zero-order chi connectivity index (χ0) is 14.9. The maximum Gasteiger partial charge on any atom is 0.244 e. The van der Waals surface area contributed by atoms with Gasteiger partial charge in [0.1, 0.15) is 6.17 Å². The largest absolute Gasteiger partial charge is 0.375 e. The van der Waals surface area contributed by atoms with Gasteiger partial charge in [0, 0.05) is 12.7 Å². The van der Waals surface area contributed by atoms with Gasteiger partial charge in [0.05, 0.1) is 10.4 Å². The number of nitrogens with two attached hydrogens (primary N) is 1. The van der Waals surface area contributed by atoms with Gasteiger partial charge in [-0.2, -0.15) is 0 Å². The molecule has 6 heteroatoms. The standard InChI is InChI=1S/C15H24N4OS/c1-2-3-9-19-12(11-10-17-14(16)21-11)18-15(13(19)20)7-5-4-6-8-15/h10,12,18H,2-9H2,1H3,(H2,16,17)/t12-/m1/s1. The Balaban J connectivity index is 1.87. The van der Waals surface area contributed by atoms with Crippen LogP contribution in [0.15, 0.2) is 6.20 Å². The molecule has 1 atom stereocenters. The minimum Gasteiger partial charge on any atom is -0.375 e. The molecule has 1 aromatic heterocycles. The number of carbonyl (C=O) groups is 1. The molecule has 1 spiro atoms. The molecule has 2 fully saturated rings. The normalized spacial score (nSPS) is 24.9. The monoisotopic (exact) mass is 308 g/mol. The van der Waals surface area contributed by atoms with Crippen molar-refractivity contribution in [1.29, 1.82) is 0 Å². The van der Waals surface area contributed by atoms with Gasteiger partial charge in [-0.3, -0.25) is 10.1 Å². The molecule has 0 unspecified atom stereocenters. The summed E-state index contributed by atoms with van der Waals surface area (Å²) in [6.45, 7) is 2.97. The fourth-order valence-electron chi connectivity index (χ4n) is 3.52. The average molecular weight is 308 g/mol. The first-order valence-corrected chi connectivity index (χ1v) is 8.78. The summed E-state index contributed by atoms with van der Waals surface area (Å²) in [4.78, 5) is 20.2. The quantitative estimate of drug-likeness (QED) is 0.897. The van der Waals surface area contributed by atoms with Crippen LogP contribution < -0.4 is 11.1 Å². The number of nitrogens with zero attached hydrogens (tertiary/aromatic N) is 2. The summed E-state index contributed by atoms with van der Waals surface area (Å²) >= 11 is 1.48. The molecule has 3 N–H and O–H groups in total. The van der Waals surface area contributed by atoms with Crippen molar-refractivity contribution in [1.82, 2.24) is 15.2 Å². The lowest BCUT2D eigenvalue weighted by Crippen LogP contribution is -2.48. The highest BCUT2D eigenvalue weighted by Gasteiger charge is 2.51. The Bertz CT molecular complexity index is 510. The molecule has 0 bridgehead atoms. The van der Waals surface area contributed by atoms with Crippen LogP contribution in [0.2, 0.25) is 0 Å². The van der Waals surface area contributed by atoms with Crippen LogP contribution in [-0.2, 0) is 4.79 Å². The topological polar surface area (TPSA) is 71.2 Å². The molecular weight excluding hydrogens is 284 g/mol. The first-order chi connectivity index (χ1) is 10.2. The lowest BCUT2D eigenvalue weighted by Gasteiger charge is -2.31. The van der Waals surface area contributed by atoms with Gasteiger partial charge in [-0.1, -0.05) is 43.9 Å². The van der Waals surface area contributed by atoms with Crippen molar-refractivity contribution in [3.8, 4) is 0 Å². The lowest BCUT2D eigenvalue weighted by atomic mass is 9.81. The first-order valence-electron chi connectivity index (χ1n) is 7.96. The lowest BCUT2D eigenvalue weighted by molar-refractivity contribution is -0.134. The number of hydrogen-bond acceptors (Lipinski definition) is 5. The van der Waals surface area contributed by atoms with Crippen LogP contribution in [0, 0.1) is 0 Å². The predicted molar refractivity (Wildman–Crippen MR) is 84.8 cm³/mol. The number of unbranched alkanes of at least 4 members (excludes halogenated alkanes) is 1. The molecule has 1 aliphatic carbocycles. The van der Waals surface area contributed by atoms with Gasteiger partial charge >= 0.3 is 0 Å². The van der Waals surface area contributed by atoms with Crippen molar-refractivity contribution in [3.63, 3.8) is 0 Å². The second-order valence-corrected chi connectivity index (χ2v) is 7.24. The fraction of sp³-hybridized carbons (Fsp3) is 0.733. The van der Waals surface area contributed by atoms with E-state index in [4.69, 9.17) is 5.73 Å². The predicted octanol–water partition coefficient (Wildman–Crippen LogP) is 2.66. The van der Waals surface area contributed by atoms with E-state index in [0.29, 0.717) is 5.13 Å². The molecule has 1 aromatic rings. The minimum atomic E-state index is -0.338. The smallest absolute Gasteiger partial charge is 0.244 e. The number of carbonyl (C=O) groups excluding carboxylic acids is 1. The second kappa shape index (κ2) is 5.93. The number of anilines is 1. The molecule has 1 aliphatic heterocycles. The van der Waals surface area contributed by atoms with Crippen LogP contribution in [-0.4, -0.2) is 27.9 Å². The molecule has 1 saturated carbocycles. The zero-order valence-corrected chi connectivity index (χ0v) is 13.4. The van der Waals surface area contributed by atoms with Gasteiger partial charge in [0.2, 0.25) is 5.91 Å². The highest BCUT2D eigenvalue weighted by molar-refractivity contribution is 7.15. The number of thiazole rings is 1. The number of nitrogens with one attached hydrogen (secondary N) is 1. The summed E-state index contributed by atoms with van der Waals surface area (Å²) in [6.07, 6.45) is 9.32. The summed E-state index contributed by atoms with van der Waals surface area (Å²) in [5, 5.41) is 4.20. The van der Waals surface area contributed by atoms with Crippen molar-refractivity contribution in [2.75, 3.05) is 12.3 Å². The van der Waals surface area contributed by atoms with E-state index in [1.165, 1.54) is 17.8 Å². The molecule has 5 nitrogen and oxygen atoms in total. The summed E-state index contributed by atoms with van der Waals surface area (Å²) in [5.41, 5.74) is 5.43. The van der Waals surface area contributed by atoms with E-state index in [0.717, 1.165) is 49.9 Å². The number of aromatic nitrogens is 1. The average Bonchev–Trinajstić information content (AvgIpc) is 3.02. The molecule has 2 heterocycles. The molecule has 116 valence electrons. The molecular formula is C15H24N4OS. The Morgan fingerprint density at radius 3 is 2.86 bits per heavy atom. The van der Waals surface area contributed by atoms with E-state index < -0.39 is 0 Å². The number of rotatable bonds is 4. The molecule has 1 amide bonds. The van der Waals surface area contributed by atoms with E-state index in [9.17, 15) is 4.79 Å². The van der Waals surface area contributed by atoms with Gasteiger partial charge in [0.15, 0.2) is 5.13 Å². The van der Waals surface area contributed by atoms with Crippen LogP contribution in [0.3, 0.4) is 0 Å². The summed E-state index contributed by atoms with van der Waals surface area (Å²) in [5.74, 6) is 0.285. The molecule has 1 saturated heterocycles. The molecule has 0 radical (unpaired) electrons. The van der Waals surface area contributed by atoms with Crippen LogP contribution in [0.1, 0.15) is 62.9 Å². The van der Waals surface area contributed by atoms with Gasteiger partial charge in [-0.05, 0) is 19.3 Å². The van der Waals surface area contributed by atoms with Crippen molar-refractivity contribution >= 4 is 22.4 Å². The Labute approximate surface area is 129 Å². The Morgan fingerprint density at radius 2 is 2.24 bits per heavy atom. The minimum absolute atomic E-state index is 0.0445. The molecule has 0 aromatic carbocycles. The maximum absolute atomic E-state index is 13.0. The molecule has 3 rings (SSSR count). The van der Waals surface area contributed by atoms with Crippen LogP contribution in [0.4, 0.5) is 5.13 Å². The number of hydrogen-bond donors (Lipinski definition) is 2. The Kier molecular flexibility index (Phi) is 4.17. The summed E-state index contributed by atoms with van der Waals surface area (Å²) in [7, 11) is 0. The van der Waals surface area contributed by atoms with E-state index in [1.54, 1.807) is 0 Å². The maximum atomic E-state index is 13.0. The fourth-order valence-corrected chi connectivity index (χ4v) is 4.27. The highest BCUT2D eigenvalue weighted by Crippen LogP contribution is 2.41.